The molecule has 1 N–H and O–H groups in total. The Morgan fingerprint density at radius 2 is 1.62 bits per heavy atom. The van der Waals surface area contributed by atoms with Gasteiger partial charge in [0.25, 0.3) is 0 Å². The van der Waals surface area contributed by atoms with Crippen LogP contribution in [0.5, 0.6) is 11.8 Å². The van der Waals surface area contributed by atoms with Gasteiger partial charge < -0.3 is 38.4 Å². The molecule has 6 saturated heterocycles. The van der Waals surface area contributed by atoms with Gasteiger partial charge in [-0.15, -0.1) is 6.42 Å². The third-order valence-electron chi connectivity index (χ3n) is 17.9. The molecule has 6 fully saturated rings. The van der Waals surface area contributed by atoms with Crippen molar-refractivity contribution in [2.75, 3.05) is 89.7 Å². The van der Waals surface area contributed by atoms with E-state index in [-0.39, 0.29) is 96.2 Å². The first-order chi connectivity index (χ1) is 40.4. The van der Waals surface area contributed by atoms with Crippen LogP contribution in [0.25, 0.3) is 44.0 Å². The largest absolute Gasteiger partial charge is 0.468 e. The number of carbonyl (C=O) groups is 3. The van der Waals surface area contributed by atoms with Gasteiger partial charge in [0.15, 0.2) is 12.6 Å². The number of benzene rings is 3. The van der Waals surface area contributed by atoms with Crippen LogP contribution >= 0.6 is 0 Å². The highest BCUT2D eigenvalue weighted by molar-refractivity contribution is 6.03. The number of hydrogen-bond donors (Lipinski definition) is 1. The third-order valence-corrected chi connectivity index (χ3v) is 17.9. The molecule has 12 rings (SSSR count). The summed E-state index contributed by atoms with van der Waals surface area (Å²) in [5.41, 5.74) is 1.59. The molecule has 444 valence electrons. The van der Waals surface area contributed by atoms with E-state index < -0.39 is 29.2 Å². The Morgan fingerprint density at radius 1 is 0.857 bits per heavy atom. The fourth-order valence-corrected chi connectivity index (χ4v) is 13.7. The molecule has 6 aromatic rings. The van der Waals surface area contributed by atoms with Gasteiger partial charge in [-0.05, 0) is 127 Å². The summed E-state index contributed by atoms with van der Waals surface area (Å²) in [7, 11) is 5.27. The zero-order chi connectivity index (χ0) is 58.7. The van der Waals surface area contributed by atoms with Crippen LogP contribution in [0.3, 0.4) is 0 Å². The molecule has 5 atom stereocenters. The standard InChI is InChI=1S/C62H73F2N11O9/c1-8-45-48(63)13-9-37-25-43(82-35-80-7)28-46(53(37)45)55-54(64)56-47(29-65-55)57(73-31-39-10-11-40(32-73)74(39)61(79)84-62(2,3)4)68-59(67-56)81-34-41-26-44(33-69(41)5)83-42-19-21-71(22-20-42)30-36-17-23-72(24-18-36)38-12-14-49-51(27-38)70(6)60(78)75(49)50-15-16-52(76)66-58(50)77/h1,9,12-14,25,27-29,36,39-42,44,50H,10-11,15-24,26,30-35H2,2-7H3,(H,66,76,77)/t39?,40?,41-,44+,50?/m0/s1. The number of carbonyl (C=O) groups excluding carboxylic acids is 3. The lowest BCUT2D eigenvalue weighted by atomic mass is 9.94. The van der Waals surface area contributed by atoms with E-state index in [1.807, 2.05) is 43.9 Å². The number of amides is 3. The molecule has 2 bridgehead atoms. The maximum Gasteiger partial charge on any atom is 0.410 e. The van der Waals surface area contributed by atoms with Gasteiger partial charge in [0, 0.05) is 102 Å². The second kappa shape index (κ2) is 23.2. The number of aromatic nitrogens is 5. The first-order valence-corrected chi connectivity index (χ1v) is 29.4. The number of ether oxygens (including phenoxy) is 5. The van der Waals surface area contributed by atoms with Gasteiger partial charge in [-0.25, -0.2) is 18.4 Å². The molecule has 6 aliphatic heterocycles. The van der Waals surface area contributed by atoms with Gasteiger partial charge in [0.1, 0.15) is 46.8 Å². The minimum absolute atomic E-state index is 0.00537. The Kier molecular flexibility index (Phi) is 15.7. The van der Waals surface area contributed by atoms with Crippen LogP contribution < -0.4 is 30.3 Å². The van der Waals surface area contributed by atoms with E-state index in [2.05, 4.69) is 42.9 Å². The molecular weight excluding hydrogens is 1080 g/mol. The SMILES string of the molecule is C#Cc1c(F)ccc2cc(OCOC)cc(-c3ncc4c(N5CC6CCC(C5)N6C(=O)OC(C)(C)C)nc(OC[C@@H]5C[C@@H](OC6CCN(CC7CCN(c8ccc9c(c8)n(C)c(=O)n9C8CCC(=O)NC8=O)CC7)CC6)CN5C)nc4c3F)c12. The van der Waals surface area contributed by atoms with Crippen molar-refractivity contribution in [2.24, 2.45) is 13.0 Å². The highest BCUT2D eigenvalue weighted by Gasteiger charge is 2.45. The molecular formula is C62H73F2N11O9. The second-order valence-corrected chi connectivity index (χ2v) is 24.6. The number of imidazole rings is 1. The van der Waals surface area contributed by atoms with Crippen LogP contribution in [-0.4, -0.2) is 173 Å². The molecule has 0 spiro atoms. The summed E-state index contributed by atoms with van der Waals surface area (Å²) < 4.78 is 66.3. The van der Waals surface area contributed by atoms with Gasteiger partial charge in [-0.3, -0.25) is 38.8 Å². The number of terminal acetylenes is 1. The van der Waals surface area contributed by atoms with Crippen molar-refractivity contribution in [3.8, 4) is 35.4 Å². The number of nitrogens with one attached hydrogen (secondary N) is 1. The van der Waals surface area contributed by atoms with E-state index in [0.29, 0.717) is 58.7 Å². The molecule has 84 heavy (non-hydrogen) atoms. The number of imide groups is 1. The Labute approximate surface area is 486 Å². The van der Waals surface area contributed by atoms with Gasteiger partial charge in [0.2, 0.25) is 11.8 Å². The summed E-state index contributed by atoms with van der Waals surface area (Å²) in [6, 6.07) is 11.0. The van der Waals surface area contributed by atoms with Gasteiger partial charge >= 0.3 is 17.8 Å². The molecule has 3 unspecified atom stereocenters. The first-order valence-electron chi connectivity index (χ1n) is 29.4. The van der Waals surface area contributed by atoms with Crippen molar-refractivity contribution in [2.45, 2.75) is 121 Å². The number of anilines is 2. The quantitative estimate of drug-likeness (QED) is 0.0656. The minimum atomic E-state index is -0.778. The summed E-state index contributed by atoms with van der Waals surface area (Å²) in [6.07, 6.45) is 14.0. The lowest BCUT2D eigenvalue weighted by molar-refractivity contribution is -0.135. The van der Waals surface area contributed by atoms with E-state index in [0.717, 1.165) is 95.4 Å². The van der Waals surface area contributed by atoms with Crippen molar-refractivity contribution < 1.29 is 46.8 Å². The summed E-state index contributed by atoms with van der Waals surface area (Å²) in [4.78, 5) is 76.9. The second-order valence-electron chi connectivity index (χ2n) is 24.6. The number of rotatable bonds is 14. The van der Waals surface area contributed by atoms with Crippen LogP contribution in [0.1, 0.15) is 90.2 Å². The van der Waals surface area contributed by atoms with Crippen molar-refractivity contribution in [3.63, 3.8) is 0 Å². The number of pyridine rings is 1. The number of halogens is 2. The molecule has 0 aliphatic carbocycles. The van der Waals surface area contributed by atoms with Gasteiger partial charge in [0.05, 0.1) is 46.3 Å². The Hall–Kier alpha value is -7.45. The maximum absolute atomic E-state index is 17.7. The lowest BCUT2D eigenvalue weighted by Gasteiger charge is -2.42. The fraction of sp³-hybridized carbons (Fsp3) is 0.532. The molecule has 22 heteroatoms. The first kappa shape index (κ1) is 57.0. The smallest absolute Gasteiger partial charge is 0.410 e. The number of hydrogen-bond acceptors (Lipinski definition) is 16. The average molecular weight is 1150 g/mol. The topological polar surface area (TPSA) is 191 Å². The number of methoxy groups -OCH3 is 1. The van der Waals surface area contributed by atoms with Crippen molar-refractivity contribution >= 4 is 62.1 Å². The predicted molar refractivity (Wildman–Crippen MR) is 312 cm³/mol. The number of nitrogens with zero attached hydrogens (tertiary/aromatic N) is 10. The molecule has 6 aliphatic rings. The monoisotopic (exact) mass is 1150 g/mol. The maximum atomic E-state index is 17.7. The molecule has 3 aromatic carbocycles. The number of aryl methyl sites for hydroxylation is 1. The van der Waals surface area contributed by atoms with Crippen molar-refractivity contribution in [1.29, 1.82) is 0 Å². The number of likely N-dealkylation sites (tertiary alicyclic amines) is 2. The van der Waals surface area contributed by atoms with Crippen LogP contribution in [0.15, 0.2) is 53.5 Å². The van der Waals surface area contributed by atoms with Gasteiger partial charge in [-0.1, -0.05) is 12.0 Å². The molecule has 3 aromatic heterocycles. The van der Waals surface area contributed by atoms with Crippen LogP contribution in [0.2, 0.25) is 0 Å². The molecule has 0 saturated carbocycles. The normalized spacial score (nSPS) is 23.0. The van der Waals surface area contributed by atoms with E-state index in [9.17, 15) is 19.2 Å². The highest BCUT2D eigenvalue weighted by Crippen LogP contribution is 2.42. The number of likely N-dealkylation sites (N-methyl/N-ethyl adjacent to an activating group) is 1. The minimum Gasteiger partial charge on any atom is -0.468 e. The third kappa shape index (κ3) is 11.2. The molecule has 3 amide bonds. The molecule has 9 heterocycles. The fourth-order valence-electron chi connectivity index (χ4n) is 13.7. The van der Waals surface area contributed by atoms with Crippen molar-refractivity contribution in [1.82, 2.24) is 44.1 Å². The lowest BCUT2D eigenvalue weighted by Crippen LogP contribution is -2.57. The number of piperazine rings is 1. The number of piperidine rings is 3. The highest BCUT2D eigenvalue weighted by atomic mass is 19.1. The average Bonchev–Trinajstić information content (AvgIpc) is 1.51. The zero-order valence-electron chi connectivity index (χ0n) is 48.6. The summed E-state index contributed by atoms with van der Waals surface area (Å²) >= 11 is 0. The summed E-state index contributed by atoms with van der Waals surface area (Å²) in [5, 5.41) is 3.54. The van der Waals surface area contributed by atoms with E-state index >= 15 is 8.78 Å². The van der Waals surface area contributed by atoms with Crippen LogP contribution in [0, 0.1) is 29.9 Å². The van der Waals surface area contributed by atoms with Gasteiger partial charge in [-0.2, -0.15) is 9.97 Å². The molecule has 0 radical (unpaired) electrons. The van der Waals surface area contributed by atoms with Crippen LogP contribution in [-0.2, 0) is 30.8 Å². The van der Waals surface area contributed by atoms with Crippen molar-refractivity contribution in [3.05, 3.63) is 76.3 Å². The Morgan fingerprint density at radius 3 is 2.33 bits per heavy atom. The van der Waals surface area contributed by atoms with E-state index in [1.165, 1.54) is 23.9 Å². The Balaban J connectivity index is 0.700. The van der Waals surface area contributed by atoms with E-state index in [1.54, 1.807) is 29.8 Å². The molecule has 20 nitrogen and oxygen atoms in total. The predicted octanol–water partition coefficient (Wildman–Crippen LogP) is 7.16. The zero-order valence-corrected chi connectivity index (χ0v) is 48.6. The number of fused-ring (bicyclic) bond motifs is 5. The Bertz CT molecular complexity index is 3630. The summed E-state index contributed by atoms with van der Waals surface area (Å²) in [6.45, 7) is 12.0. The van der Waals surface area contributed by atoms with E-state index in [4.69, 9.17) is 40.1 Å². The summed E-state index contributed by atoms with van der Waals surface area (Å²) in [5.74, 6) is 1.63. The van der Waals surface area contributed by atoms with Crippen LogP contribution in [0.4, 0.5) is 25.1 Å².